The molecule has 1 fully saturated rings. The molecule has 0 aliphatic carbocycles. The first-order valence-electron chi connectivity index (χ1n) is 8.04. The van der Waals surface area contributed by atoms with E-state index >= 15 is 0 Å². The molecule has 0 aromatic carbocycles. The fraction of sp³-hybridized carbons (Fsp3) is 0.353. The number of pyridine rings is 1. The number of anilines is 1. The van der Waals surface area contributed by atoms with Gasteiger partial charge in [-0.15, -0.1) is 0 Å². The van der Waals surface area contributed by atoms with E-state index in [0.717, 1.165) is 59.7 Å². The lowest BCUT2D eigenvalue weighted by Crippen LogP contribution is -2.35. The maximum atomic E-state index is 4.79. The minimum atomic E-state index is 0.466. The highest BCUT2D eigenvalue weighted by Gasteiger charge is 2.15. The van der Waals surface area contributed by atoms with Crippen molar-refractivity contribution < 1.29 is 0 Å². The van der Waals surface area contributed by atoms with Gasteiger partial charge >= 0.3 is 0 Å². The van der Waals surface area contributed by atoms with Crippen molar-refractivity contribution in [3.05, 3.63) is 36.4 Å². The lowest BCUT2D eigenvalue weighted by Gasteiger charge is -2.23. The fourth-order valence-corrected chi connectivity index (χ4v) is 3.07. The Morgan fingerprint density at radius 3 is 2.91 bits per heavy atom. The molecule has 118 valence electrons. The van der Waals surface area contributed by atoms with Crippen molar-refractivity contribution in [2.45, 2.75) is 25.8 Å². The number of aryl methyl sites for hydroxylation is 1. The van der Waals surface area contributed by atoms with Gasteiger partial charge in [0.25, 0.3) is 0 Å². The van der Waals surface area contributed by atoms with Crippen LogP contribution in [0.2, 0.25) is 0 Å². The third-order valence-corrected chi connectivity index (χ3v) is 4.28. The Balaban J connectivity index is 1.68. The molecular formula is C17H20N6. The quantitative estimate of drug-likeness (QED) is 0.693. The van der Waals surface area contributed by atoms with Gasteiger partial charge in [-0.05, 0) is 50.6 Å². The average molecular weight is 308 g/mol. The fourth-order valence-electron chi connectivity index (χ4n) is 3.07. The average Bonchev–Trinajstić information content (AvgIpc) is 2.99. The summed E-state index contributed by atoms with van der Waals surface area (Å²) in [5, 5.41) is 6.89. The van der Waals surface area contributed by atoms with Crippen molar-refractivity contribution >= 4 is 17.0 Å². The number of aromatic amines is 1. The van der Waals surface area contributed by atoms with Gasteiger partial charge in [0.1, 0.15) is 11.3 Å². The third kappa shape index (κ3) is 2.90. The molecule has 1 aliphatic rings. The molecule has 0 radical (unpaired) electrons. The van der Waals surface area contributed by atoms with Crippen LogP contribution in [0.5, 0.6) is 0 Å². The third-order valence-electron chi connectivity index (χ3n) is 4.28. The first-order valence-corrected chi connectivity index (χ1v) is 8.04. The number of nitrogens with one attached hydrogen (secondary N) is 3. The lowest BCUT2D eigenvalue weighted by molar-refractivity contribution is 0.478. The molecular weight excluding hydrogens is 288 g/mol. The van der Waals surface area contributed by atoms with E-state index < -0.39 is 0 Å². The minimum absolute atomic E-state index is 0.466. The van der Waals surface area contributed by atoms with Crippen molar-refractivity contribution in [3.8, 4) is 11.1 Å². The van der Waals surface area contributed by atoms with Gasteiger partial charge in [0, 0.05) is 29.7 Å². The van der Waals surface area contributed by atoms with Crippen molar-refractivity contribution in [1.82, 2.24) is 25.3 Å². The Labute approximate surface area is 134 Å². The van der Waals surface area contributed by atoms with E-state index in [9.17, 15) is 0 Å². The highest BCUT2D eigenvalue weighted by molar-refractivity contribution is 5.91. The molecule has 6 nitrogen and oxygen atoms in total. The zero-order valence-electron chi connectivity index (χ0n) is 13.1. The molecule has 0 unspecified atom stereocenters. The van der Waals surface area contributed by atoms with Crippen LogP contribution < -0.4 is 10.6 Å². The Morgan fingerprint density at radius 2 is 2.09 bits per heavy atom. The summed E-state index contributed by atoms with van der Waals surface area (Å²) in [6.07, 6.45) is 7.83. The first kappa shape index (κ1) is 14.1. The smallest absolute Gasteiger partial charge is 0.156 e. The summed E-state index contributed by atoms with van der Waals surface area (Å²) in [7, 11) is 0. The van der Waals surface area contributed by atoms with Crippen LogP contribution in [0.1, 0.15) is 18.5 Å². The number of H-pyrrole nitrogens is 1. The molecule has 3 aromatic rings. The summed E-state index contributed by atoms with van der Waals surface area (Å²) >= 11 is 0. The summed E-state index contributed by atoms with van der Waals surface area (Å²) in [6.45, 7) is 4.10. The van der Waals surface area contributed by atoms with Gasteiger partial charge in [-0.25, -0.2) is 9.97 Å². The molecule has 1 saturated heterocycles. The largest absolute Gasteiger partial charge is 0.366 e. The molecule has 0 saturated carbocycles. The summed E-state index contributed by atoms with van der Waals surface area (Å²) in [4.78, 5) is 16.8. The van der Waals surface area contributed by atoms with E-state index in [1.54, 1.807) is 0 Å². The Kier molecular flexibility index (Phi) is 3.67. The summed E-state index contributed by atoms with van der Waals surface area (Å²) < 4.78 is 0. The summed E-state index contributed by atoms with van der Waals surface area (Å²) in [6, 6.07) is 4.54. The lowest BCUT2D eigenvalue weighted by atomic mass is 10.1. The SMILES string of the molecule is Cc1cc(-c2c[nH]c3ncc(NC4CCNCC4)nc23)ccn1. The van der Waals surface area contributed by atoms with Gasteiger partial charge in [-0.1, -0.05) is 0 Å². The van der Waals surface area contributed by atoms with Crippen LogP contribution in [0.25, 0.3) is 22.3 Å². The molecule has 0 atom stereocenters. The predicted molar refractivity (Wildman–Crippen MR) is 91.4 cm³/mol. The predicted octanol–water partition coefficient (Wildman–Crippen LogP) is 2.49. The minimum Gasteiger partial charge on any atom is -0.366 e. The summed E-state index contributed by atoms with van der Waals surface area (Å²) in [5.41, 5.74) is 4.87. The number of nitrogens with zero attached hydrogens (tertiary/aromatic N) is 3. The van der Waals surface area contributed by atoms with Crippen molar-refractivity contribution in [2.75, 3.05) is 18.4 Å². The van der Waals surface area contributed by atoms with E-state index in [1.165, 1.54) is 0 Å². The van der Waals surface area contributed by atoms with E-state index in [0.29, 0.717) is 6.04 Å². The zero-order valence-corrected chi connectivity index (χ0v) is 13.1. The van der Waals surface area contributed by atoms with Gasteiger partial charge in [-0.3, -0.25) is 4.98 Å². The topological polar surface area (TPSA) is 78.5 Å². The molecule has 6 heteroatoms. The van der Waals surface area contributed by atoms with Crippen LogP contribution in [0.4, 0.5) is 5.82 Å². The van der Waals surface area contributed by atoms with E-state index in [1.807, 2.05) is 31.6 Å². The second-order valence-electron chi connectivity index (χ2n) is 6.01. The molecule has 23 heavy (non-hydrogen) atoms. The van der Waals surface area contributed by atoms with Crippen LogP contribution in [-0.2, 0) is 0 Å². The van der Waals surface area contributed by atoms with Crippen LogP contribution in [0.3, 0.4) is 0 Å². The highest BCUT2D eigenvalue weighted by atomic mass is 15.1. The second-order valence-corrected chi connectivity index (χ2v) is 6.01. The first-order chi connectivity index (χ1) is 11.3. The molecule has 3 N–H and O–H groups in total. The number of hydrogen-bond acceptors (Lipinski definition) is 5. The Bertz CT molecular complexity index is 819. The molecule has 4 heterocycles. The van der Waals surface area contributed by atoms with Gasteiger partial charge < -0.3 is 15.6 Å². The van der Waals surface area contributed by atoms with Crippen LogP contribution in [0.15, 0.2) is 30.7 Å². The number of hydrogen-bond donors (Lipinski definition) is 3. The standard InChI is InChI=1S/C17H20N6/c1-11-8-12(2-7-19-11)14-9-20-17-16(14)23-15(10-21-17)22-13-3-5-18-6-4-13/h2,7-10,13,18H,3-6H2,1H3,(H,20,21)(H,22,23). The van der Waals surface area contributed by atoms with E-state index in [2.05, 4.69) is 31.7 Å². The molecule has 4 rings (SSSR count). The van der Waals surface area contributed by atoms with Crippen LogP contribution >= 0.6 is 0 Å². The Morgan fingerprint density at radius 1 is 1.22 bits per heavy atom. The van der Waals surface area contributed by atoms with Crippen LogP contribution in [-0.4, -0.2) is 39.1 Å². The van der Waals surface area contributed by atoms with Gasteiger partial charge in [0.15, 0.2) is 5.65 Å². The molecule has 1 aliphatic heterocycles. The van der Waals surface area contributed by atoms with Gasteiger partial charge in [0.2, 0.25) is 0 Å². The molecule has 0 amide bonds. The van der Waals surface area contributed by atoms with E-state index in [4.69, 9.17) is 4.98 Å². The van der Waals surface area contributed by atoms with E-state index in [-0.39, 0.29) is 0 Å². The van der Waals surface area contributed by atoms with Crippen molar-refractivity contribution in [3.63, 3.8) is 0 Å². The second kappa shape index (κ2) is 5.96. The van der Waals surface area contributed by atoms with Crippen molar-refractivity contribution in [2.24, 2.45) is 0 Å². The highest BCUT2D eigenvalue weighted by Crippen LogP contribution is 2.27. The maximum absolute atomic E-state index is 4.79. The molecule has 0 spiro atoms. The zero-order chi connectivity index (χ0) is 15.6. The maximum Gasteiger partial charge on any atom is 0.156 e. The normalized spacial score (nSPS) is 15.9. The number of rotatable bonds is 3. The number of aromatic nitrogens is 4. The number of fused-ring (bicyclic) bond motifs is 1. The van der Waals surface area contributed by atoms with Gasteiger partial charge in [-0.2, -0.15) is 0 Å². The number of piperidine rings is 1. The molecule has 3 aromatic heterocycles. The monoisotopic (exact) mass is 308 g/mol. The van der Waals surface area contributed by atoms with Crippen LogP contribution in [0, 0.1) is 6.92 Å². The van der Waals surface area contributed by atoms with Gasteiger partial charge in [0.05, 0.1) is 6.20 Å². The Hall–Kier alpha value is -2.47. The molecule has 0 bridgehead atoms. The van der Waals surface area contributed by atoms with Crippen molar-refractivity contribution in [1.29, 1.82) is 0 Å². The summed E-state index contributed by atoms with van der Waals surface area (Å²) in [5.74, 6) is 0.844.